The second-order valence-electron chi connectivity index (χ2n) is 20.2. The molecule has 6 aromatic rings. The highest BCUT2D eigenvalue weighted by Gasteiger charge is 2.45. The van der Waals surface area contributed by atoms with Gasteiger partial charge in [0.25, 0.3) is 11.8 Å². The molecule has 0 radical (unpaired) electrons. The van der Waals surface area contributed by atoms with E-state index < -0.39 is 48.2 Å². The first-order valence-electron chi connectivity index (χ1n) is 25.9. The van der Waals surface area contributed by atoms with E-state index >= 15 is 0 Å². The Morgan fingerprint density at radius 1 is 0.705 bits per heavy atom. The van der Waals surface area contributed by atoms with Crippen molar-refractivity contribution in [3.05, 3.63) is 166 Å². The third kappa shape index (κ3) is 10.8. The van der Waals surface area contributed by atoms with Gasteiger partial charge in [0.1, 0.15) is 25.9 Å². The fourth-order valence-electron chi connectivity index (χ4n) is 10.3. The fraction of sp³-hybridized carbons (Fsp3) is 0.322. The number of carbonyl (C=O) groups excluding carboxylic acids is 5. The smallest absolute Gasteiger partial charge is 0.416 e. The molecule has 0 spiro atoms. The number of pyridine rings is 1. The van der Waals surface area contributed by atoms with E-state index in [1.165, 1.54) is 31.9 Å². The van der Waals surface area contributed by atoms with Gasteiger partial charge in [0, 0.05) is 37.5 Å². The standard InChI is InChI=1S/C59H62N8O11/c1-33(2)53(60)55(69)62-34(3)54(68)64-40-19-17-35(18-20-40)30-78-59(73)67-47-26-52(50(75-5)24-45(47)57(71)66-29-39-14-9-7-12-37(39)22-48(66)58(67)72)77-32-42-16-10-15-41(63-42)31-76-51-25-46-44(23-49(51)74-4)56(70)65-28-38-13-8-6-11-36(38)21-43(65)27-61-46/h6-20,23-26,33-34,43,48,53,58,61,72H,21-22,27-32,60H2,1-5H3,(H,62,69)(H,64,68)/t34-,43-,48?,53-,58?/m0/s1. The van der Waals surface area contributed by atoms with Gasteiger partial charge in [0.15, 0.2) is 29.2 Å². The highest BCUT2D eigenvalue weighted by molar-refractivity contribution is 6.06. The molecule has 404 valence electrons. The molecule has 0 saturated carbocycles. The number of carbonyl (C=O) groups is 5. The summed E-state index contributed by atoms with van der Waals surface area (Å²) in [5.41, 5.74) is 13.6. The topological polar surface area (TPSA) is 236 Å². The van der Waals surface area contributed by atoms with Crippen molar-refractivity contribution in [2.24, 2.45) is 11.7 Å². The van der Waals surface area contributed by atoms with Crippen molar-refractivity contribution in [2.45, 2.75) is 96.9 Å². The van der Waals surface area contributed by atoms with Crippen LogP contribution in [0, 0.1) is 5.92 Å². The van der Waals surface area contributed by atoms with Gasteiger partial charge in [-0.05, 0) is 89.9 Å². The molecule has 4 aliphatic heterocycles. The first-order chi connectivity index (χ1) is 37.7. The lowest BCUT2D eigenvalue weighted by molar-refractivity contribution is -0.127. The zero-order valence-electron chi connectivity index (χ0n) is 44.0. The highest BCUT2D eigenvalue weighted by Crippen LogP contribution is 2.43. The lowest BCUT2D eigenvalue weighted by Crippen LogP contribution is -2.55. The van der Waals surface area contributed by atoms with E-state index in [4.69, 9.17) is 34.4 Å². The molecule has 2 unspecified atom stereocenters. The van der Waals surface area contributed by atoms with E-state index in [0.717, 1.165) is 28.0 Å². The average Bonchev–Trinajstić information content (AvgIpc) is 3.88. The van der Waals surface area contributed by atoms with E-state index in [1.54, 1.807) is 54.3 Å². The van der Waals surface area contributed by atoms with Gasteiger partial charge in [0.2, 0.25) is 11.8 Å². The lowest BCUT2D eigenvalue weighted by Gasteiger charge is -2.39. The van der Waals surface area contributed by atoms with Crippen LogP contribution in [0.4, 0.5) is 21.9 Å². The summed E-state index contributed by atoms with van der Waals surface area (Å²) in [4.78, 5) is 77.8. The van der Waals surface area contributed by atoms with Crippen LogP contribution in [0.5, 0.6) is 23.0 Å². The van der Waals surface area contributed by atoms with Crippen LogP contribution in [0.1, 0.15) is 80.7 Å². The highest BCUT2D eigenvalue weighted by atomic mass is 16.6. The monoisotopic (exact) mass is 1060 g/mol. The van der Waals surface area contributed by atoms with Crippen molar-refractivity contribution in [1.82, 2.24) is 20.1 Å². The number of methoxy groups -OCH3 is 2. The predicted octanol–water partition coefficient (Wildman–Crippen LogP) is 6.72. The minimum absolute atomic E-state index is 0.0131. The average molecular weight is 1060 g/mol. The predicted molar refractivity (Wildman–Crippen MR) is 289 cm³/mol. The van der Waals surface area contributed by atoms with Gasteiger partial charge in [-0.25, -0.2) is 9.69 Å². The number of nitrogens with two attached hydrogens (primary N) is 1. The maximum atomic E-state index is 14.7. The second kappa shape index (κ2) is 22.5. The van der Waals surface area contributed by atoms with Crippen LogP contribution in [0.3, 0.4) is 0 Å². The number of anilines is 3. The van der Waals surface area contributed by atoms with Gasteiger partial charge in [-0.1, -0.05) is 80.6 Å². The SMILES string of the molecule is COc1cc2c(cc1OCc1cccc(COc3cc4c(cc3OC)C(=O)N3Cc5ccccc5CC3C(O)N4C(=O)OCc3ccc(NC(=O)[C@H](C)NC(=O)[C@@H](N)C(C)C)cc3)n1)NC[C@@H]1Cc3ccccc3CN1C2=O. The van der Waals surface area contributed by atoms with Crippen molar-refractivity contribution < 1.29 is 52.8 Å². The molecule has 0 bridgehead atoms. The van der Waals surface area contributed by atoms with Crippen LogP contribution in [0.25, 0.3) is 0 Å². The zero-order valence-corrected chi connectivity index (χ0v) is 44.0. The summed E-state index contributed by atoms with van der Waals surface area (Å²) >= 11 is 0. The Labute approximate surface area is 451 Å². The second-order valence-corrected chi connectivity index (χ2v) is 20.2. The molecular formula is C59H62N8O11. The van der Waals surface area contributed by atoms with E-state index in [-0.39, 0.29) is 73.4 Å². The Kier molecular flexibility index (Phi) is 15.2. The molecule has 5 amide bonds. The first-order valence-corrected chi connectivity index (χ1v) is 25.9. The molecule has 19 nitrogen and oxygen atoms in total. The normalized spacial score (nSPS) is 17.9. The Balaban J connectivity index is 0.848. The van der Waals surface area contributed by atoms with Crippen LogP contribution < -0.4 is 45.5 Å². The Bertz CT molecular complexity index is 3280. The number of hydrogen-bond acceptors (Lipinski definition) is 14. The van der Waals surface area contributed by atoms with E-state index in [2.05, 4.69) is 28.1 Å². The Morgan fingerprint density at radius 3 is 1.94 bits per heavy atom. The molecular weight excluding hydrogens is 997 g/mol. The largest absolute Gasteiger partial charge is 0.493 e. The number of hydrogen-bond donors (Lipinski definition) is 5. The van der Waals surface area contributed by atoms with Gasteiger partial charge >= 0.3 is 6.09 Å². The number of ether oxygens (including phenoxy) is 5. The first kappa shape index (κ1) is 52.7. The van der Waals surface area contributed by atoms with Crippen molar-refractivity contribution in [2.75, 3.05) is 36.3 Å². The van der Waals surface area contributed by atoms with Gasteiger partial charge < -0.3 is 60.3 Å². The quantitative estimate of drug-likeness (QED) is 0.0719. The molecule has 4 aliphatic rings. The summed E-state index contributed by atoms with van der Waals surface area (Å²) in [6.45, 7) is 6.24. The number of fused-ring (bicyclic) bond motifs is 6. The van der Waals surface area contributed by atoms with Crippen LogP contribution in [0.2, 0.25) is 0 Å². The number of aromatic nitrogens is 1. The van der Waals surface area contributed by atoms with Gasteiger partial charge in [-0.3, -0.25) is 24.2 Å². The minimum atomic E-state index is -1.56. The Hall–Kier alpha value is -8.68. The number of aliphatic hydroxyl groups is 1. The third-order valence-corrected chi connectivity index (χ3v) is 14.8. The molecule has 5 heterocycles. The van der Waals surface area contributed by atoms with Crippen LogP contribution in [-0.4, -0.2) is 101 Å². The molecule has 0 aliphatic carbocycles. The van der Waals surface area contributed by atoms with E-state index in [9.17, 15) is 29.1 Å². The fourth-order valence-corrected chi connectivity index (χ4v) is 10.3. The number of benzene rings is 5. The van der Waals surface area contributed by atoms with Crippen LogP contribution in [0.15, 0.2) is 115 Å². The molecule has 0 saturated heterocycles. The summed E-state index contributed by atoms with van der Waals surface area (Å²) in [5, 5.41) is 21.2. The molecule has 19 heteroatoms. The van der Waals surface area contributed by atoms with Crippen LogP contribution >= 0.6 is 0 Å². The van der Waals surface area contributed by atoms with Gasteiger partial charge in [0.05, 0.1) is 66.2 Å². The molecule has 6 N–H and O–H groups in total. The molecule has 5 atom stereocenters. The van der Waals surface area contributed by atoms with E-state index in [0.29, 0.717) is 58.5 Å². The minimum Gasteiger partial charge on any atom is -0.493 e. The third-order valence-electron chi connectivity index (χ3n) is 14.8. The number of nitrogens with one attached hydrogen (secondary N) is 3. The van der Waals surface area contributed by atoms with Crippen molar-refractivity contribution in [3.63, 3.8) is 0 Å². The maximum absolute atomic E-state index is 14.7. The molecule has 5 aromatic carbocycles. The van der Waals surface area contributed by atoms with Gasteiger partial charge in [-0.15, -0.1) is 0 Å². The maximum Gasteiger partial charge on any atom is 0.416 e. The lowest BCUT2D eigenvalue weighted by atomic mass is 9.93. The van der Waals surface area contributed by atoms with Crippen molar-refractivity contribution in [1.29, 1.82) is 0 Å². The van der Waals surface area contributed by atoms with E-state index in [1.807, 2.05) is 67.3 Å². The summed E-state index contributed by atoms with van der Waals surface area (Å²) in [7, 11) is 2.97. The number of aliphatic hydroxyl groups excluding tert-OH is 1. The van der Waals surface area contributed by atoms with Crippen LogP contribution in [-0.2, 0) is 60.1 Å². The zero-order chi connectivity index (χ0) is 54.8. The Morgan fingerprint density at radius 2 is 1.29 bits per heavy atom. The molecule has 10 rings (SSSR count). The molecule has 0 fully saturated rings. The summed E-state index contributed by atoms with van der Waals surface area (Å²) in [6.07, 6.45) is -1.47. The van der Waals surface area contributed by atoms with Gasteiger partial charge in [-0.2, -0.15) is 0 Å². The summed E-state index contributed by atoms with van der Waals surface area (Å²) in [6, 6.07) is 31.9. The molecule has 78 heavy (non-hydrogen) atoms. The molecule has 1 aromatic heterocycles. The van der Waals surface area contributed by atoms with Crippen molar-refractivity contribution in [3.8, 4) is 23.0 Å². The number of nitrogens with zero attached hydrogens (tertiary/aromatic N) is 4. The number of amides is 5. The van der Waals surface area contributed by atoms with Crippen molar-refractivity contribution >= 4 is 46.8 Å². The summed E-state index contributed by atoms with van der Waals surface area (Å²) < 4.78 is 30.1. The summed E-state index contributed by atoms with van der Waals surface area (Å²) in [5.74, 6) is -0.305. The number of rotatable bonds is 15.